The largest absolute Gasteiger partial charge is 0.370 e. The molecular formula is C11H13Cl2N3. The van der Waals surface area contributed by atoms with Crippen LogP contribution in [0.25, 0.3) is 0 Å². The smallest absolute Gasteiger partial charge is 0.191 e. The summed E-state index contributed by atoms with van der Waals surface area (Å²) >= 11 is 11.9. The van der Waals surface area contributed by atoms with E-state index in [1.54, 1.807) is 0 Å². The Hall–Kier alpha value is -0.930. The van der Waals surface area contributed by atoms with Gasteiger partial charge in [-0.3, -0.25) is 4.99 Å². The van der Waals surface area contributed by atoms with Crippen molar-refractivity contribution in [2.45, 2.75) is 6.04 Å². The fourth-order valence-electron chi connectivity index (χ4n) is 1.90. The molecule has 0 radical (unpaired) electrons. The van der Waals surface area contributed by atoms with Crippen LogP contribution in [0.4, 0.5) is 0 Å². The van der Waals surface area contributed by atoms with E-state index >= 15 is 0 Å². The quantitative estimate of drug-likeness (QED) is 0.845. The topological polar surface area (TPSA) is 41.6 Å². The second-order valence-corrected chi connectivity index (χ2v) is 4.40. The van der Waals surface area contributed by atoms with Gasteiger partial charge in [-0.1, -0.05) is 29.8 Å². The van der Waals surface area contributed by atoms with Crippen LogP contribution in [0.2, 0.25) is 5.02 Å². The van der Waals surface area contributed by atoms with Gasteiger partial charge < -0.3 is 10.6 Å². The average molecular weight is 258 g/mol. The first-order valence-corrected chi connectivity index (χ1v) is 6.02. The maximum absolute atomic E-state index is 6.17. The Morgan fingerprint density at radius 3 is 2.88 bits per heavy atom. The first-order valence-electron chi connectivity index (χ1n) is 5.11. The maximum atomic E-state index is 6.17. The number of rotatable bonds is 3. The number of guanidine groups is 1. The fourth-order valence-corrected chi connectivity index (χ4v) is 2.35. The van der Waals surface area contributed by atoms with E-state index in [1.165, 1.54) is 0 Å². The van der Waals surface area contributed by atoms with E-state index in [0.717, 1.165) is 10.6 Å². The van der Waals surface area contributed by atoms with E-state index in [9.17, 15) is 0 Å². The lowest BCUT2D eigenvalue weighted by Gasteiger charge is -2.26. The molecule has 0 aromatic heterocycles. The van der Waals surface area contributed by atoms with Gasteiger partial charge in [-0.25, -0.2) is 0 Å². The van der Waals surface area contributed by atoms with Crippen molar-refractivity contribution in [3.8, 4) is 0 Å². The Labute approximate surface area is 105 Å². The van der Waals surface area contributed by atoms with Gasteiger partial charge in [-0.2, -0.15) is 0 Å². The zero-order valence-electron chi connectivity index (χ0n) is 8.74. The molecule has 1 heterocycles. The molecule has 1 atom stereocenters. The third-order valence-electron chi connectivity index (χ3n) is 2.69. The van der Waals surface area contributed by atoms with E-state index < -0.39 is 0 Å². The summed E-state index contributed by atoms with van der Waals surface area (Å²) < 4.78 is 0. The van der Waals surface area contributed by atoms with E-state index in [2.05, 4.69) is 4.99 Å². The van der Waals surface area contributed by atoms with Crippen LogP contribution >= 0.6 is 23.2 Å². The molecule has 2 N–H and O–H groups in total. The molecule has 0 amide bonds. The SMILES string of the molecule is NC1=NCC(c2ccccc2Cl)N1CCCl. The predicted octanol–water partition coefficient (Wildman–Crippen LogP) is 2.25. The highest BCUT2D eigenvalue weighted by molar-refractivity contribution is 6.31. The first-order chi connectivity index (χ1) is 7.74. The first kappa shape index (κ1) is 11.6. The van der Waals surface area contributed by atoms with Crippen LogP contribution in [0.3, 0.4) is 0 Å². The number of hydrogen-bond acceptors (Lipinski definition) is 3. The van der Waals surface area contributed by atoms with Crippen molar-refractivity contribution < 1.29 is 0 Å². The summed E-state index contributed by atoms with van der Waals surface area (Å²) in [6.45, 7) is 1.33. The summed E-state index contributed by atoms with van der Waals surface area (Å²) in [6.07, 6.45) is 0. The minimum absolute atomic E-state index is 0.118. The van der Waals surface area contributed by atoms with Crippen molar-refractivity contribution >= 4 is 29.2 Å². The van der Waals surface area contributed by atoms with Gasteiger partial charge in [-0.05, 0) is 11.6 Å². The van der Waals surface area contributed by atoms with Gasteiger partial charge in [-0.15, -0.1) is 11.6 Å². The molecule has 86 valence electrons. The van der Waals surface area contributed by atoms with Gasteiger partial charge in [0.15, 0.2) is 5.96 Å². The molecule has 3 nitrogen and oxygen atoms in total. The Kier molecular flexibility index (Phi) is 3.56. The third kappa shape index (κ3) is 2.11. The number of halogens is 2. The van der Waals surface area contributed by atoms with Gasteiger partial charge in [0.1, 0.15) is 0 Å². The molecule has 0 saturated heterocycles. The van der Waals surface area contributed by atoms with E-state index in [-0.39, 0.29) is 6.04 Å². The summed E-state index contributed by atoms with van der Waals surface area (Å²) in [7, 11) is 0. The molecule has 0 saturated carbocycles. The van der Waals surface area contributed by atoms with Crippen LogP contribution in [-0.4, -0.2) is 29.8 Å². The molecule has 1 aliphatic rings. The monoisotopic (exact) mass is 257 g/mol. The number of nitrogens with zero attached hydrogens (tertiary/aromatic N) is 2. The lowest BCUT2D eigenvalue weighted by atomic mass is 10.1. The van der Waals surface area contributed by atoms with Crippen molar-refractivity contribution in [2.75, 3.05) is 19.0 Å². The predicted molar refractivity (Wildman–Crippen MR) is 68.1 cm³/mol. The average Bonchev–Trinajstić information content (AvgIpc) is 2.62. The lowest BCUT2D eigenvalue weighted by molar-refractivity contribution is 0.366. The van der Waals surface area contributed by atoms with Gasteiger partial charge >= 0.3 is 0 Å². The maximum Gasteiger partial charge on any atom is 0.191 e. The summed E-state index contributed by atoms with van der Waals surface area (Å²) in [5, 5.41) is 0.747. The molecule has 0 spiro atoms. The number of nitrogens with two attached hydrogens (primary N) is 1. The summed E-state index contributed by atoms with van der Waals surface area (Å²) in [5.41, 5.74) is 6.87. The number of aliphatic imine (C=N–C) groups is 1. The minimum Gasteiger partial charge on any atom is -0.370 e. The van der Waals surface area contributed by atoms with Gasteiger partial charge in [0.2, 0.25) is 0 Å². The third-order valence-corrected chi connectivity index (χ3v) is 3.20. The second kappa shape index (κ2) is 4.93. The number of benzene rings is 1. The molecule has 5 heteroatoms. The molecule has 16 heavy (non-hydrogen) atoms. The second-order valence-electron chi connectivity index (χ2n) is 3.62. The van der Waals surface area contributed by atoms with Gasteiger partial charge in [0, 0.05) is 17.4 Å². The zero-order valence-corrected chi connectivity index (χ0v) is 10.2. The molecular weight excluding hydrogens is 245 g/mol. The van der Waals surface area contributed by atoms with Crippen molar-refractivity contribution in [2.24, 2.45) is 10.7 Å². The standard InChI is InChI=1S/C11H13Cl2N3/c12-5-6-16-10(7-15-11(16)14)8-3-1-2-4-9(8)13/h1-4,10H,5-7H2,(H2,14,15). The zero-order chi connectivity index (χ0) is 11.5. The van der Waals surface area contributed by atoms with Gasteiger partial charge in [0.25, 0.3) is 0 Å². The summed E-state index contributed by atoms with van der Waals surface area (Å²) in [6, 6.07) is 7.88. The van der Waals surface area contributed by atoms with Crippen LogP contribution < -0.4 is 5.73 Å². The summed E-state index contributed by atoms with van der Waals surface area (Å²) in [5.74, 6) is 1.07. The Morgan fingerprint density at radius 2 is 2.19 bits per heavy atom. The van der Waals surface area contributed by atoms with E-state index in [4.69, 9.17) is 28.9 Å². The van der Waals surface area contributed by atoms with Crippen molar-refractivity contribution in [1.29, 1.82) is 0 Å². The van der Waals surface area contributed by atoms with Crippen LogP contribution in [0, 0.1) is 0 Å². The van der Waals surface area contributed by atoms with Crippen LogP contribution in [0.1, 0.15) is 11.6 Å². The van der Waals surface area contributed by atoms with E-state index in [0.29, 0.717) is 24.9 Å². The molecule has 1 unspecified atom stereocenters. The molecule has 0 aliphatic carbocycles. The highest BCUT2D eigenvalue weighted by Crippen LogP contribution is 2.30. The highest BCUT2D eigenvalue weighted by Gasteiger charge is 2.27. The van der Waals surface area contributed by atoms with Crippen molar-refractivity contribution in [3.63, 3.8) is 0 Å². The minimum atomic E-state index is 0.118. The Bertz CT molecular complexity index is 406. The van der Waals surface area contributed by atoms with Gasteiger partial charge in [0.05, 0.1) is 12.6 Å². The van der Waals surface area contributed by atoms with Crippen molar-refractivity contribution in [3.05, 3.63) is 34.9 Å². The summed E-state index contributed by atoms with van der Waals surface area (Å²) in [4.78, 5) is 6.23. The molecule has 0 bridgehead atoms. The lowest BCUT2D eigenvalue weighted by Crippen LogP contribution is -2.37. The fraction of sp³-hybridized carbons (Fsp3) is 0.364. The Morgan fingerprint density at radius 1 is 1.44 bits per heavy atom. The number of hydrogen-bond donors (Lipinski definition) is 1. The normalized spacial score (nSPS) is 20.0. The number of alkyl halides is 1. The molecule has 1 aliphatic heterocycles. The van der Waals surface area contributed by atoms with Crippen LogP contribution in [0.5, 0.6) is 0 Å². The van der Waals surface area contributed by atoms with Crippen molar-refractivity contribution in [1.82, 2.24) is 4.90 Å². The molecule has 0 fully saturated rings. The van der Waals surface area contributed by atoms with Crippen LogP contribution in [0.15, 0.2) is 29.3 Å². The van der Waals surface area contributed by atoms with Crippen LogP contribution in [-0.2, 0) is 0 Å². The molecule has 1 aromatic rings. The molecule has 1 aromatic carbocycles. The van der Waals surface area contributed by atoms with E-state index in [1.807, 2.05) is 29.2 Å². The Balaban J connectivity index is 2.25. The molecule has 2 rings (SSSR count). The highest BCUT2D eigenvalue weighted by atomic mass is 35.5.